The molecule has 1 aliphatic rings. The van der Waals surface area contributed by atoms with E-state index in [1.807, 2.05) is 27.7 Å². The molecular formula is C16H30O5PSW-. The molecule has 142 valence electrons. The summed E-state index contributed by atoms with van der Waals surface area (Å²) >= 11 is 1.33. The van der Waals surface area contributed by atoms with Crippen LogP contribution in [0.4, 0.5) is 0 Å². The molecule has 0 amide bonds. The zero-order chi connectivity index (χ0) is 17.3. The van der Waals surface area contributed by atoms with Crippen LogP contribution in [-0.2, 0) is 44.4 Å². The normalized spacial score (nSPS) is 24.5. The van der Waals surface area contributed by atoms with Gasteiger partial charge in [-0.25, -0.2) is 0 Å². The van der Waals surface area contributed by atoms with E-state index in [1.165, 1.54) is 11.8 Å². The zero-order valence-electron chi connectivity index (χ0n) is 15.2. The fourth-order valence-corrected chi connectivity index (χ4v) is 3.37. The second-order valence-corrected chi connectivity index (χ2v) is 8.25. The largest absolute Gasteiger partial charge is 0.407 e. The Balaban J connectivity index is 0.00000529. The molecule has 24 heavy (non-hydrogen) atoms. The fourth-order valence-electron chi connectivity index (χ4n) is 1.98. The average Bonchev–Trinajstić information content (AvgIpc) is 2.84. The molecule has 1 fully saturated rings. The van der Waals surface area contributed by atoms with Crippen molar-refractivity contribution in [1.82, 2.24) is 0 Å². The molecule has 1 heterocycles. The van der Waals surface area contributed by atoms with Crippen molar-refractivity contribution >= 4 is 25.9 Å². The summed E-state index contributed by atoms with van der Waals surface area (Å²) in [6, 6.07) is 0. The van der Waals surface area contributed by atoms with Gasteiger partial charge in [-0.2, -0.15) is 0 Å². The molecule has 0 spiro atoms. The molecule has 1 saturated heterocycles. The molecule has 0 saturated carbocycles. The van der Waals surface area contributed by atoms with Gasteiger partial charge in [-0.3, -0.25) is 11.2 Å². The third-order valence-electron chi connectivity index (χ3n) is 3.26. The minimum atomic E-state index is -0.291. The molecule has 0 aromatic heterocycles. The van der Waals surface area contributed by atoms with E-state index in [0.29, 0.717) is 25.6 Å². The number of hydrogen-bond acceptors (Lipinski definition) is 6. The van der Waals surface area contributed by atoms with Gasteiger partial charge >= 0.3 is 0 Å². The van der Waals surface area contributed by atoms with Crippen LogP contribution in [0.3, 0.4) is 0 Å². The summed E-state index contributed by atoms with van der Waals surface area (Å²) in [5, 5.41) is 0.196. The molecule has 0 aromatic carbocycles. The van der Waals surface area contributed by atoms with E-state index in [0.717, 1.165) is 6.42 Å². The first-order chi connectivity index (χ1) is 10.8. The van der Waals surface area contributed by atoms with Gasteiger partial charge in [-0.15, -0.1) is 0 Å². The summed E-state index contributed by atoms with van der Waals surface area (Å²) in [4.78, 5) is 11.7. The van der Waals surface area contributed by atoms with Crippen molar-refractivity contribution in [3.8, 4) is 0 Å². The maximum Gasteiger partial charge on any atom is 0.194 e. The van der Waals surface area contributed by atoms with Gasteiger partial charge in [-0.05, 0) is 12.5 Å². The topological polar surface area (TPSA) is 54.0 Å². The zero-order valence-corrected chi connectivity index (χ0v) is 20.0. The Morgan fingerprint density at radius 2 is 2.00 bits per heavy atom. The first kappa shape index (κ1) is 25.0. The van der Waals surface area contributed by atoms with Crippen molar-refractivity contribution in [2.24, 2.45) is 5.41 Å². The minimum Gasteiger partial charge on any atom is -0.407 e. The van der Waals surface area contributed by atoms with Crippen molar-refractivity contribution in [3.05, 3.63) is 6.42 Å². The summed E-state index contributed by atoms with van der Waals surface area (Å²) in [5.41, 5.74) is -0.291. The summed E-state index contributed by atoms with van der Waals surface area (Å²) in [5.74, 6) is 0.680. The fraction of sp³-hybridized carbons (Fsp3) is 0.875. The summed E-state index contributed by atoms with van der Waals surface area (Å²) in [6.45, 7) is 11.5. The molecular weight excluding hydrogens is 519 g/mol. The minimum absolute atomic E-state index is 0. The number of carbonyl (C=O) groups excluding carboxylic acids is 1. The number of thioether (sulfide) groups is 1. The Labute approximate surface area is 166 Å². The van der Waals surface area contributed by atoms with Crippen LogP contribution in [0.15, 0.2) is 0 Å². The monoisotopic (exact) mass is 549 g/mol. The van der Waals surface area contributed by atoms with Gasteiger partial charge in [0.1, 0.15) is 0 Å². The van der Waals surface area contributed by atoms with Gasteiger partial charge in [0.25, 0.3) is 0 Å². The molecule has 0 aromatic rings. The standard InChI is InChI=1S/C16H30O5PS.W/c1-6-13-14(11-12(2)20-13)21-22-19-8-7-18-9-10-23-15(17)16(3,4)5;/h11-14,22H,6-10H2,1-5H3;/q-1;. The first-order valence-electron chi connectivity index (χ1n) is 8.12. The average molecular weight is 549 g/mol. The quantitative estimate of drug-likeness (QED) is 0.236. The Bertz CT molecular complexity index is 354. The van der Waals surface area contributed by atoms with Crippen molar-refractivity contribution < 1.29 is 44.4 Å². The van der Waals surface area contributed by atoms with Crippen LogP contribution in [0.25, 0.3) is 0 Å². The molecule has 8 heteroatoms. The van der Waals surface area contributed by atoms with Crippen molar-refractivity contribution in [3.63, 3.8) is 0 Å². The van der Waals surface area contributed by atoms with Crippen LogP contribution in [0, 0.1) is 11.8 Å². The second kappa shape index (κ2) is 13.2. The van der Waals surface area contributed by atoms with Gasteiger partial charge in [0.15, 0.2) is 14.1 Å². The van der Waals surface area contributed by atoms with E-state index >= 15 is 0 Å². The van der Waals surface area contributed by atoms with E-state index in [4.69, 9.17) is 18.5 Å². The van der Waals surface area contributed by atoms with Crippen LogP contribution in [-0.4, -0.2) is 49.0 Å². The maximum absolute atomic E-state index is 11.7. The number of hydrogen-bond donors (Lipinski definition) is 0. The van der Waals surface area contributed by atoms with Gasteiger partial charge in [0, 0.05) is 32.2 Å². The van der Waals surface area contributed by atoms with Crippen LogP contribution in [0.2, 0.25) is 0 Å². The number of ether oxygens (including phenoxy) is 2. The third kappa shape index (κ3) is 10.2. The van der Waals surface area contributed by atoms with Crippen LogP contribution < -0.4 is 0 Å². The van der Waals surface area contributed by atoms with Crippen LogP contribution >= 0.6 is 20.8 Å². The molecule has 0 aliphatic carbocycles. The Morgan fingerprint density at radius 1 is 1.29 bits per heavy atom. The van der Waals surface area contributed by atoms with E-state index < -0.39 is 0 Å². The molecule has 1 aliphatic heterocycles. The number of rotatable bonds is 10. The summed E-state index contributed by atoms with van der Waals surface area (Å²) < 4.78 is 22.3. The van der Waals surface area contributed by atoms with Gasteiger partial charge in [-0.1, -0.05) is 52.5 Å². The second-order valence-electron chi connectivity index (χ2n) is 6.49. The van der Waals surface area contributed by atoms with Gasteiger partial charge in [0.2, 0.25) is 0 Å². The van der Waals surface area contributed by atoms with E-state index in [-0.39, 0.29) is 58.9 Å². The third-order valence-corrected chi connectivity index (χ3v) is 5.20. The number of carbonyl (C=O) groups is 1. The van der Waals surface area contributed by atoms with Gasteiger partial charge < -0.3 is 18.5 Å². The van der Waals surface area contributed by atoms with Crippen molar-refractivity contribution in [1.29, 1.82) is 0 Å². The van der Waals surface area contributed by atoms with Crippen LogP contribution in [0.1, 0.15) is 41.0 Å². The molecule has 4 atom stereocenters. The van der Waals surface area contributed by atoms with E-state index in [9.17, 15) is 4.79 Å². The smallest absolute Gasteiger partial charge is 0.194 e. The van der Waals surface area contributed by atoms with E-state index in [2.05, 4.69) is 13.3 Å². The SMILES string of the molecule is CCC1OC(C)[CH-]C1OPOCCOCCSC(=O)C(C)(C)C.[W]. The molecule has 5 nitrogen and oxygen atoms in total. The Morgan fingerprint density at radius 3 is 2.62 bits per heavy atom. The molecule has 4 unspecified atom stereocenters. The summed E-state index contributed by atoms with van der Waals surface area (Å²) in [6.07, 6.45) is 3.31. The maximum atomic E-state index is 11.7. The Kier molecular flexibility index (Phi) is 13.7. The van der Waals surface area contributed by atoms with Crippen LogP contribution in [0.5, 0.6) is 0 Å². The molecule has 1 rings (SSSR count). The molecule has 0 N–H and O–H groups in total. The molecule has 0 radical (unpaired) electrons. The van der Waals surface area contributed by atoms with Gasteiger partial charge in [0.05, 0.1) is 25.9 Å². The van der Waals surface area contributed by atoms with Crippen molar-refractivity contribution in [2.45, 2.75) is 59.4 Å². The van der Waals surface area contributed by atoms with Crippen molar-refractivity contribution in [2.75, 3.05) is 25.6 Å². The molecule has 0 bridgehead atoms. The summed E-state index contributed by atoms with van der Waals surface area (Å²) in [7, 11) is -0.00517. The Hall–Kier alpha value is 0.978. The predicted octanol–water partition coefficient (Wildman–Crippen LogP) is 3.62. The van der Waals surface area contributed by atoms with E-state index in [1.54, 1.807) is 0 Å². The first-order valence-corrected chi connectivity index (χ1v) is 9.92. The predicted molar refractivity (Wildman–Crippen MR) is 95.8 cm³/mol.